The first-order valence-corrected chi connectivity index (χ1v) is 7.49. The van der Waals surface area contributed by atoms with E-state index in [1.165, 1.54) is 25.7 Å². The molecule has 2 fully saturated rings. The maximum absolute atomic E-state index is 12.3. The second-order valence-electron chi connectivity index (χ2n) is 5.84. The zero-order valence-corrected chi connectivity index (χ0v) is 11.6. The van der Waals surface area contributed by atoms with Gasteiger partial charge in [-0.1, -0.05) is 25.7 Å². The summed E-state index contributed by atoms with van der Waals surface area (Å²) in [6.07, 6.45) is 9.47. The average molecular weight is 258 g/mol. The van der Waals surface area contributed by atoms with E-state index in [1.54, 1.807) is 0 Å². The Kier molecular flexibility index (Phi) is 4.72. The third-order valence-electron chi connectivity index (χ3n) is 4.29. The summed E-state index contributed by atoms with van der Waals surface area (Å²) >= 11 is 5.97. The maximum Gasteiger partial charge on any atom is 0.225 e. The van der Waals surface area contributed by atoms with Crippen LogP contribution in [0, 0.1) is 11.8 Å². The number of nitrogens with zero attached hydrogens (tertiary/aromatic N) is 1. The minimum absolute atomic E-state index is 0.300. The Morgan fingerprint density at radius 1 is 1.18 bits per heavy atom. The third kappa shape index (κ3) is 3.61. The first-order chi connectivity index (χ1) is 8.16. The van der Waals surface area contributed by atoms with Gasteiger partial charge in [-0.2, -0.15) is 0 Å². The van der Waals surface area contributed by atoms with Gasteiger partial charge in [-0.15, -0.1) is 11.6 Å². The summed E-state index contributed by atoms with van der Waals surface area (Å²) in [5, 5.41) is 0.362. The van der Waals surface area contributed by atoms with Crippen molar-refractivity contribution in [3.63, 3.8) is 0 Å². The van der Waals surface area contributed by atoms with Crippen molar-refractivity contribution in [2.45, 2.75) is 56.7 Å². The van der Waals surface area contributed by atoms with Gasteiger partial charge in [0.25, 0.3) is 0 Å². The standard InChI is InChI=1S/C14H24ClNO/c1-16(10-11-8-13(15)9-11)14(17)12-6-4-2-3-5-7-12/h11-13H,2-10H2,1H3. The normalized spacial score (nSPS) is 30.5. The number of rotatable bonds is 3. The molecule has 0 heterocycles. The Bertz CT molecular complexity index is 255. The van der Waals surface area contributed by atoms with Crippen LogP contribution in [0.2, 0.25) is 0 Å². The molecule has 0 aromatic carbocycles. The zero-order chi connectivity index (χ0) is 12.3. The molecule has 3 heteroatoms. The fourth-order valence-corrected chi connectivity index (χ4v) is 3.62. The van der Waals surface area contributed by atoms with Crippen molar-refractivity contribution < 1.29 is 4.79 Å². The number of carbonyl (C=O) groups is 1. The Balaban J connectivity index is 1.77. The minimum atomic E-state index is 0.300. The van der Waals surface area contributed by atoms with E-state index in [2.05, 4.69) is 0 Å². The van der Waals surface area contributed by atoms with Crippen molar-refractivity contribution in [3.05, 3.63) is 0 Å². The van der Waals surface area contributed by atoms with E-state index >= 15 is 0 Å². The fraction of sp³-hybridized carbons (Fsp3) is 0.929. The first-order valence-electron chi connectivity index (χ1n) is 7.06. The van der Waals surface area contributed by atoms with E-state index < -0.39 is 0 Å². The van der Waals surface area contributed by atoms with Crippen LogP contribution in [0.25, 0.3) is 0 Å². The summed E-state index contributed by atoms with van der Waals surface area (Å²) in [6, 6.07) is 0. The number of carbonyl (C=O) groups excluding carboxylic acids is 1. The van der Waals surface area contributed by atoms with Gasteiger partial charge in [0.1, 0.15) is 0 Å². The third-order valence-corrected chi connectivity index (χ3v) is 4.65. The lowest BCUT2D eigenvalue weighted by Gasteiger charge is -2.35. The molecule has 0 atom stereocenters. The van der Waals surface area contributed by atoms with Gasteiger partial charge in [0.05, 0.1) is 0 Å². The number of hydrogen-bond acceptors (Lipinski definition) is 1. The highest BCUT2D eigenvalue weighted by atomic mass is 35.5. The monoisotopic (exact) mass is 257 g/mol. The Hall–Kier alpha value is -0.240. The van der Waals surface area contributed by atoms with E-state index in [-0.39, 0.29) is 0 Å². The zero-order valence-electron chi connectivity index (χ0n) is 10.8. The summed E-state index contributed by atoms with van der Waals surface area (Å²) in [6.45, 7) is 0.915. The van der Waals surface area contributed by atoms with Gasteiger partial charge < -0.3 is 4.90 Å². The van der Waals surface area contributed by atoms with Crippen LogP contribution < -0.4 is 0 Å². The molecule has 2 aliphatic carbocycles. The second kappa shape index (κ2) is 6.08. The molecule has 2 saturated carbocycles. The molecule has 2 nitrogen and oxygen atoms in total. The summed E-state index contributed by atoms with van der Waals surface area (Å²) < 4.78 is 0. The van der Waals surface area contributed by atoms with Crippen molar-refractivity contribution in [3.8, 4) is 0 Å². The molecule has 0 aromatic heterocycles. The van der Waals surface area contributed by atoms with Crippen LogP contribution in [-0.4, -0.2) is 29.8 Å². The highest BCUT2D eigenvalue weighted by molar-refractivity contribution is 6.21. The van der Waals surface area contributed by atoms with Gasteiger partial charge >= 0.3 is 0 Å². The van der Waals surface area contributed by atoms with Crippen LogP contribution in [0.4, 0.5) is 0 Å². The van der Waals surface area contributed by atoms with Gasteiger partial charge in [0.2, 0.25) is 5.91 Å². The number of amides is 1. The second-order valence-corrected chi connectivity index (χ2v) is 6.46. The fourth-order valence-electron chi connectivity index (χ4n) is 3.12. The summed E-state index contributed by atoms with van der Waals surface area (Å²) in [7, 11) is 1.97. The van der Waals surface area contributed by atoms with Crippen molar-refractivity contribution >= 4 is 17.5 Å². The minimum Gasteiger partial charge on any atom is -0.345 e. The van der Waals surface area contributed by atoms with E-state index in [4.69, 9.17) is 11.6 Å². The van der Waals surface area contributed by atoms with Crippen LogP contribution in [0.1, 0.15) is 51.4 Å². The molecule has 2 aliphatic rings. The quantitative estimate of drug-likeness (QED) is 0.560. The number of alkyl halides is 1. The maximum atomic E-state index is 12.3. The van der Waals surface area contributed by atoms with Crippen molar-refractivity contribution in [1.82, 2.24) is 4.90 Å². The summed E-state index contributed by atoms with van der Waals surface area (Å²) in [5.74, 6) is 1.33. The van der Waals surface area contributed by atoms with Crippen LogP contribution in [0.3, 0.4) is 0 Å². The molecule has 0 saturated heterocycles. The highest BCUT2D eigenvalue weighted by Gasteiger charge is 2.30. The number of hydrogen-bond donors (Lipinski definition) is 0. The molecule has 1 amide bonds. The lowest BCUT2D eigenvalue weighted by molar-refractivity contribution is -0.135. The summed E-state index contributed by atoms with van der Waals surface area (Å²) in [4.78, 5) is 14.3. The molecule has 0 aromatic rings. The average Bonchev–Trinajstić information content (AvgIpc) is 2.54. The Labute approximate surface area is 110 Å². The van der Waals surface area contributed by atoms with Crippen LogP contribution in [0.15, 0.2) is 0 Å². The molecule has 0 aliphatic heterocycles. The van der Waals surface area contributed by atoms with Gasteiger partial charge in [0.15, 0.2) is 0 Å². The van der Waals surface area contributed by atoms with Gasteiger partial charge in [-0.25, -0.2) is 0 Å². The largest absolute Gasteiger partial charge is 0.345 e. The predicted octanol–water partition coefficient (Wildman–Crippen LogP) is 3.43. The number of halogens is 1. The Morgan fingerprint density at radius 2 is 1.76 bits per heavy atom. The van der Waals surface area contributed by atoms with Gasteiger partial charge in [-0.3, -0.25) is 4.79 Å². The molecule has 0 radical (unpaired) electrons. The smallest absolute Gasteiger partial charge is 0.225 e. The SMILES string of the molecule is CN(CC1CC(Cl)C1)C(=O)C1CCCCCC1. The molecule has 0 spiro atoms. The lowest BCUT2D eigenvalue weighted by atomic mass is 9.84. The topological polar surface area (TPSA) is 20.3 Å². The molecule has 0 N–H and O–H groups in total. The summed E-state index contributed by atoms with van der Waals surface area (Å²) in [5.41, 5.74) is 0. The van der Waals surface area contributed by atoms with Crippen LogP contribution in [0.5, 0.6) is 0 Å². The van der Waals surface area contributed by atoms with E-state index in [9.17, 15) is 4.79 Å². The van der Waals surface area contributed by atoms with Crippen molar-refractivity contribution in [1.29, 1.82) is 0 Å². The molecular weight excluding hydrogens is 234 g/mol. The van der Waals surface area contributed by atoms with Crippen LogP contribution in [-0.2, 0) is 4.79 Å². The van der Waals surface area contributed by atoms with E-state index in [0.29, 0.717) is 23.1 Å². The molecule has 0 bridgehead atoms. The highest BCUT2D eigenvalue weighted by Crippen LogP contribution is 2.33. The lowest BCUT2D eigenvalue weighted by Crippen LogP contribution is -2.40. The molecule has 98 valence electrons. The first kappa shape index (κ1) is 13.2. The van der Waals surface area contributed by atoms with E-state index in [1.807, 2.05) is 11.9 Å². The van der Waals surface area contributed by atoms with Gasteiger partial charge in [-0.05, 0) is 31.6 Å². The molecule has 17 heavy (non-hydrogen) atoms. The predicted molar refractivity (Wildman–Crippen MR) is 71.2 cm³/mol. The van der Waals surface area contributed by atoms with E-state index in [0.717, 1.165) is 32.2 Å². The molecule has 2 rings (SSSR count). The van der Waals surface area contributed by atoms with Crippen LogP contribution >= 0.6 is 11.6 Å². The van der Waals surface area contributed by atoms with Crippen molar-refractivity contribution in [2.75, 3.05) is 13.6 Å². The van der Waals surface area contributed by atoms with Crippen molar-refractivity contribution in [2.24, 2.45) is 11.8 Å². The Morgan fingerprint density at radius 3 is 2.29 bits per heavy atom. The molecule has 0 unspecified atom stereocenters. The van der Waals surface area contributed by atoms with Gasteiger partial charge in [0, 0.05) is 24.9 Å². The molecular formula is C14H24ClNO.